The summed E-state index contributed by atoms with van der Waals surface area (Å²) in [4.78, 5) is 24.1. The molecule has 1 heterocycles. The number of aromatic nitrogens is 1. The van der Waals surface area contributed by atoms with Gasteiger partial charge in [-0.2, -0.15) is 13.2 Å². The monoisotopic (exact) mass is 501 g/mol. The van der Waals surface area contributed by atoms with Gasteiger partial charge in [-0.1, -0.05) is 41.6 Å². The average Bonchev–Trinajstić information content (AvgIpc) is 2.85. The van der Waals surface area contributed by atoms with Crippen molar-refractivity contribution in [3.05, 3.63) is 105 Å². The molecule has 0 saturated heterocycles. The zero-order chi connectivity index (χ0) is 26.5. The van der Waals surface area contributed by atoms with E-state index < -0.39 is 24.7 Å². The molecule has 3 rings (SSSR count). The van der Waals surface area contributed by atoms with Crippen LogP contribution in [0.3, 0.4) is 0 Å². The molecule has 0 aliphatic heterocycles. The number of nitrogens with zero attached hydrogens (tertiary/aromatic N) is 2. The van der Waals surface area contributed by atoms with Crippen molar-refractivity contribution in [3.63, 3.8) is 0 Å². The standard InChI is InChI=1S/C26H26F3N3O4/c1-16-5-3-4-6-20(16)21(13-22(31-36)19-11-12-24(34)32(2)15-19)17-7-9-18(10-8-17)25(35)30-14-23(33)26(27,28)29/h3-12,15,21,23,33,36H,13-14H2,1-2H3,(H,30,35)/b31-22+. The molecule has 36 heavy (non-hydrogen) atoms. The number of oxime groups is 1. The molecule has 0 radical (unpaired) electrons. The summed E-state index contributed by atoms with van der Waals surface area (Å²) in [6.07, 6.45) is -5.63. The molecule has 190 valence electrons. The number of halogens is 3. The van der Waals surface area contributed by atoms with Crippen molar-refractivity contribution in [2.45, 2.75) is 31.5 Å². The number of amides is 1. The molecule has 10 heteroatoms. The highest BCUT2D eigenvalue weighted by Gasteiger charge is 2.38. The van der Waals surface area contributed by atoms with Crippen LogP contribution in [-0.4, -0.2) is 45.3 Å². The molecule has 2 atom stereocenters. The molecule has 0 saturated carbocycles. The number of benzene rings is 2. The van der Waals surface area contributed by atoms with E-state index in [2.05, 4.69) is 10.5 Å². The Hall–Kier alpha value is -3.92. The van der Waals surface area contributed by atoms with Crippen LogP contribution in [0.4, 0.5) is 13.2 Å². The van der Waals surface area contributed by atoms with Gasteiger partial charge in [-0.25, -0.2) is 0 Å². The van der Waals surface area contributed by atoms with E-state index >= 15 is 0 Å². The van der Waals surface area contributed by atoms with Crippen molar-refractivity contribution in [1.29, 1.82) is 0 Å². The third-order valence-corrected chi connectivity index (χ3v) is 5.91. The maximum atomic E-state index is 12.5. The van der Waals surface area contributed by atoms with Crippen molar-refractivity contribution in [2.24, 2.45) is 12.2 Å². The Labute approximate surface area is 205 Å². The number of carbonyl (C=O) groups is 1. The molecule has 2 aromatic carbocycles. The molecular weight excluding hydrogens is 475 g/mol. The Morgan fingerprint density at radius 3 is 2.28 bits per heavy atom. The maximum absolute atomic E-state index is 12.5. The quantitative estimate of drug-likeness (QED) is 0.249. The van der Waals surface area contributed by atoms with Crippen LogP contribution in [0.5, 0.6) is 0 Å². The molecule has 0 aliphatic carbocycles. The number of pyridine rings is 1. The number of aryl methyl sites for hydroxylation is 2. The summed E-state index contributed by atoms with van der Waals surface area (Å²) in [7, 11) is 1.59. The van der Waals surface area contributed by atoms with Crippen LogP contribution < -0.4 is 10.9 Å². The Morgan fingerprint density at radius 2 is 1.69 bits per heavy atom. The van der Waals surface area contributed by atoms with E-state index in [9.17, 15) is 28.0 Å². The molecular formula is C26H26F3N3O4. The van der Waals surface area contributed by atoms with Gasteiger partial charge < -0.3 is 20.2 Å². The zero-order valence-corrected chi connectivity index (χ0v) is 19.7. The molecule has 3 N–H and O–H groups in total. The van der Waals surface area contributed by atoms with Crippen LogP contribution in [0.15, 0.2) is 76.8 Å². The van der Waals surface area contributed by atoms with Crippen LogP contribution in [-0.2, 0) is 7.05 Å². The van der Waals surface area contributed by atoms with E-state index in [1.54, 1.807) is 31.4 Å². The van der Waals surface area contributed by atoms with Gasteiger partial charge >= 0.3 is 6.18 Å². The molecule has 1 aromatic heterocycles. The molecule has 1 amide bonds. The summed E-state index contributed by atoms with van der Waals surface area (Å²) in [6, 6.07) is 17.0. The van der Waals surface area contributed by atoms with Crippen molar-refractivity contribution in [2.75, 3.05) is 6.54 Å². The molecule has 2 unspecified atom stereocenters. The van der Waals surface area contributed by atoms with Crippen molar-refractivity contribution in [1.82, 2.24) is 9.88 Å². The minimum Gasteiger partial charge on any atom is -0.411 e. The first kappa shape index (κ1) is 26.7. The minimum atomic E-state index is -4.82. The Balaban J connectivity index is 1.89. The lowest BCUT2D eigenvalue weighted by Gasteiger charge is -2.21. The fourth-order valence-corrected chi connectivity index (χ4v) is 3.83. The second-order valence-electron chi connectivity index (χ2n) is 8.42. The number of hydrogen-bond donors (Lipinski definition) is 3. The molecule has 0 spiro atoms. The van der Waals surface area contributed by atoms with E-state index in [1.807, 2.05) is 31.2 Å². The van der Waals surface area contributed by atoms with E-state index in [-0.39, 0.29) is 23.5 Å². The number of carbonyl (C=O) groups excluding carboxylic acids is 1. The van der Waals surface area contributed by atoms with Crippen molar-refractivity contribution in [3.8, 4) is 0 Å². The molecule has 0 fully saturated rings. The highest BCUT2D eigenvalue weighted by Crippen LogP contribution is 2.32. The van der Waals surface area contributed by atoms with Crippen LogP contribution >= 0.6 is 0 Å². The number of alkyl halides is 3. The SMILES string of the molecule is Cc1ccccc1C(C/C(=N\O)c1ccc(=O)n(C)c1)c1ccc(C(=O)NCC(O)C(F)(F)F)cc1. The largest absolute Gasteiger partial charge is 0.416 e. The molecule has 0 aliphatic rings. The van der Waals surface area contributed by atoms with E-state index in [1.165, 1.54) is 22.8 Å². The smallest absolute Gasteiger partial charge is 0.411 e. The van der Waals surface area contributed by atoms with Crippen molar-refractivity contribution >= 4 is 11.6 Å². The fraction of sp³-hybridized carbons (Fsp3) is 0.269. The Kier molecular flexibility index (Phi) is 8.31. The molecule has 0 bridgehead atoms. The molecule has 7 nitrogen and oxygen atoms in total. The van der Waals surface area contributed by atoms with Crippen LogP contribution in [0.25, 0.3) is 0 Å². The minimum absolute atomic E-state index is 0.130. The van der Waals surface area contributed by atoms with E-state index in [4.69, 9.17) is 5.11 Å². The van der Waals surface area contributed by atoms with Gasteiger partial charge in [0.25, 0.3) is 5.91 Å². The first-order valence-corrected chi connectivity index (χ1v) is 11.1. The van der Waals surface area contributed by atoms with Gasteiger partial charge in [0, 0.05) is 42.8 Å². The summed E-state index contributed by atoms with van der Waals surface area (Å²) in [5.41, 5.74) is 3.56. The van der Waals surface area contributed by atoms with Gasteiger partial charge in [-0.05, 0) is 41.8 Å². The highest BCUT2D eigenvalue weighted by atomic mass is 19.4. The third kappa shape index (κ3) is 6.39. The number of rotatable bonds is 8. The lowest BCUT2D eigenvalue weighted by Crippen LogP contribution is -2.40. The second-order valence-corrected chi connectivity index (χ2v) is 8.42. The van der Waals surface area contributed by atoms with Gasteiger partial charge in [0.2, 0.25) is 5.56 Å². The lowest BCUT2D eigenvalue weighted by atomic mass is 9.83. The first-order valence-electron chi connectivity index (χ1n) is 11.1. The summed E-state index contributed by atoms with van der Waals surface area (Å²) in [6.45, 7) is 0.990. The summed E-state index contributed by atoms with van der Waals surface area (Å²) >= 11 is 0. The third-order valence-electron chi connectivity index (χ3n) is 5.91. The predicted octanol–water partition coefficient (Wildman–Crippen LogP) is 3.75. The Morgan fingerprint density at radius 1 is 1.06 bits per heavy atom. The van der Waals surface area contributed by atoms with Gasteiger partial charge in [0.15, 0.2) is 6.10 Å². The summed E-state index contributed by atoms with van der Waals surface area (Å²) < 4.78 is 38.9. The number of aliphatic hydroxyl groups is 1. The topological polar surface area (TPSA) is 104 Å². The predicted molar refractivity (Wildman–Crippen MR) is 128 cm³/mol. The van der Waals surface area contributed by atoms with Gasteiger partial charge in [0.1, 0.15) is 0 Å². The number of aliphatic hydroxyl groups excluding tert-OH is 1. The van der Waals surface area contributed by atoms with Gasteiger partial charge in [0.05, 0.1) is 12.3 Å². The van der Waals surface area contributed by atoms with Crippen LogP contribution in [0, 0.1) is 6.92 Å². The lowest BCUT2D eigenvalue weighted by molar-refractivity contribution is -0.201. The first-order chi connectivity index (χ1) is 17.0. The van der Waals surface area contributed by atoms with Gasteiger partial charge in [-0.3, -0.25) is 9.59 Å². The highest BCUT2D eigenvalue weighted by molar-refractivity contribution is 6.00. The molecule has 3 aromatic rings. The normalized spacial score (nSPS) is 13.8. The maximum Gasteiger partial charge on any atom is 0.416 e. The summed E-state index contributed by atoms with van der Waals surface area (Å²) in [5, 5.41) is 24.4. The Bertz CT molecular complexity index is 1300. The average molecular weight is 502 g/mol. The van der Waals surface area contributed by atoms with Crippen LogP contribution in [0.2, 0.25) is 0 Å². The summed E-state index contributed by atoms with van der Waals surface area (Å²) in [5.74, 6) is -1.04. The van der Waals surface area contributed by atoms with E-state index in [0.29, 0.717) is 11.3 Å². The van der Waals surface area contributed by atoms with E-state index in [0.717, 1.165) is 16.7 Å². The fourth-order valence-electron chi connectivity index (χ4n) is 3.83. The van der Waals surface area contributed by atoms with Crippen molar-refractivity contribution < 1.29 is 28.3 Å². The number of hydrogen-bond acceptors (Lipinski definition) is 5. The van der Waals surface area contributed by atoms with Crippen LogP contribution in [0.1, 0.15) is 45.0 Å². The number of nitrogens with one attached hydrogen (secondary N) is 1. The second kappa shape index (κ2) is 11.2. The van der Waals surface area contributed by atoms with Gasteiger partial charge in [-0.15, -0.1) is 0 Å². The zero-order valence-electron chi connectivity index (χ0n) is 19.7.